The summed E-state index contributed by atoms with van der Waals surface area (Å²) in [7, 11) is 0. The van der Waals surface area contributed by atoms with E-state index in [0.29, 0.717) is 44.1 Å². The summed E-state index contributed by atoms with van der Waals surface area (Å²) in [6, 6.07) is -0.515. The summed E-state index contributed by atoms with van der Waals surface area (Å²) in [5.74, 6) is -0.712. The van der Waals surface area contributed by atoms with Crippen molar-refractivity contribution in [1.82, 2.24) is 10.2 Å². The summed E-state index contributed by atoms with van der Waals surface area (Å²) < 4.78 is 5.29. The highest BCUT2D eigenvalue weighted by Crippen LogP contribution is 2.27. The third-order valence-electron chi connectivity index (χ3n) is 4.84. The Bertz CT molecular complexity index is 528. The molecule has 2 atom stereocenters. The molecular weight excluding hydrogens is 356 g/mol. The van der Waals surface area contributed by atoms with Gasteiger partial charge in [0, 0.05) is 31.9 Å². The lowest BCUT2D eigenvalue weighted by molar-refractivity contribution is -0.145. The fourth-order valence-electron chi connectivity index (χ4n) is 3.36. The lowest BCUT2D eigenvalue weighted by Crippen LogP contribution is -2.50. The molecule has 2 unspecified atom stereocenters. The second-order valence-electron chi connectivity index (χ2n) is 8.26. The standard InChI is InChI=1S/C18H30N2O5S/c1-18(2,3)8-15(21)20-11-26-10-14(20)16(22)19-9-13(17(23)24)12-4-6-25-7-5-12/h12-14H,4-11H2,1-3H3,(H,19,22)(H,23,24). The van der Waals surface area contributed by atoms with E-state index in [9.17, 15) is 19.5 Å². The highest BCUT2D eigenvalue weighted by molar-refractivity contribution is 7.99. The van der Waals surface area contributed by atoms with Crippen LogP contribution in [0.4, 0.5) is 0 Å². The quantitative estimate of drug-likeness (QED) is 0.719. The van der Waals surface area contributed by atoms with Crippen LogP contribution >= 0.6 is 11.8 Å². The first kappa shape index (κ1) is 21.0. The van der Waals surface area contributed by atoms with E-state index in [2.05, 4.69) is 5.32 Å². The van der Waals surface area contributed by atoms with Crippen LogP contribution in [0, 0.1) is 17.3 Å². The first-order valence-electron chi connectivity index (χ1n) is 9.14. The molecule has 0 bridgehead atoms. The van der Waals surface area contributed by atoms with Gasteiger partial charge in [-0.2, -0.15) is 0 Å². The van der Waals surface area contributed by atoms with Crippen LogP contribution in [-0.2, 0) is 19.1 Å². The number of thioether (sulfide) groups is 1. The number of carboxylic acids is 1. The molecule has 2 N–H and O–H groups in total. The minimum absolute atomic E-state index is 0.0122. The number of nitrogens with zero attached hydrogens (tertiary/aromatic N) is 1. The van der Waals surface area contributed by atoms with Crippen molar-refractivity contribution in [3.05, 3.63) is 0 Å². The van der Waals surface area contributed by atoms with Crippen molar-refractivity contribution >= 4 is 29.5 Å². The number of carbonyl (C=O) groups excluding carboxylic acids is 2. The number of hydrogen-bond donors (Lipinski definition) is 2. The maximum atomic E-state index is 12.6. The minimum Gasteiger partial charge on any atom is -0.481 e. The SMILES string of the molecule is CC(C)(C)CC(=O)N1CSCC1C(=O)NCC(C(=O)O)C1CCOCC1. The summed E-state index contributed by atoms with van der Waals surface area (Å²) in [5.41, 5.74) is -0.136. The number of ether oxygens (including phenoxy) is 1. The topological polar surface area (TPSA) is 95.9 Å². The molecule has 0 aliphatic carbocycles. The number of amides is 2. The Morgan fingerprint density at radius 2 is 1.92 bits per heavy atom. The molecule has 2 fully saturated rings. The van der Waals surface area contributed by atoms with Crippen molar-refractivity contribution < 1.29 is 24.2 Å². The third-order valence-corrected chi connectivity index (χ3v) is 5.85. The lowest BCUT2D eigenvalue weighted by atomic mass is 9.86. The van der Waals surface area contributed by atoms with Crippen LogP contribution in [0.25, 0.3) is 0 Å². The van der Waals surface area contributed by atoms with Crippen LogP contribution in [-0.4, -0.2) is 65.2 Å². The molecule has 0 radical (unpaired) electrons. The molecular formula is C18H30N2O5S. The van der Waals surface area contributed by atoms with Crippen molar-refractivity contribution in [3.8, 4) is 0 Å². The monoisotopic (exact) mass is 386 g/mol. The molecule has 2 rings (SSSR count). The molecule has 0 aromatic heterocycles. The normalized spacial score (nSPS) is 22.9. The van der Waals surface area contributed by atoms with E-state index in [1.165, 1.54) is 0 Å². The van der Waals surface area contributed by atoms with Gasteiger partial charge < -0.3 is 20.1 Å². The fourth-order valence-corrected chi connectivity index (χ4v) is 4.54. The fraction of sp³-hybridized carbons (Fsp3) is 0.833. The van der Waals surface area contributed by atoms with Gasteiger partial charge in [-0.05, 0) is 24.2 Å². The van der Waals surface area contributed by atoms with Gasteiger partial charge in [0.15, 0.2) is 0 Å². The molecule has 148 valence electrons. The first-order chi connectivity index (χ1) is 12.2. The molecule has 8 heteroatoms. The van der Waals surface area contributed by atoms with Crippen molar-refractivity contribution in [2.24, 2.45) is 17.3 Å². The van der Waals surface area contributed by atoms with Crippen LogP contribution in [0.5, 0.6) is 0 Å². The summed E-state index contributed by atoms with van der Waals surface area (Å²) in [6.45, 7) is 7.21. The molecule has 0 aromatic carbocycles. The molecule has 0 spiro atoms. The van der Waals surface area contributed by atoms with Gasteiger partial charge in [-0.25, -0.2) is 0 Å². The van der Waals surface area contributed by atoms with Crippen molar-refractivity contribution in [3.63, 3.8) is 0 Å². The Morgan fingerprint density at radius 1 is 1.27 bits per heavy atom. The molecule has 26 heavy (non-hydrogen) atoms. The number of aliphatic carboxylic acids is 1. The van der Waals surface area contributed by atoms with Crippen LogP contribution < -0.4 is 5.32 Å². The van der Waals surface area contributed by atoms with E-state index >= 15 is 0 Å². The van der Waals surface area contributed by atoms with E-state index in [1.807, 2.05) is 20.8 Å². The van der Waals surface area contributed by atoms with E-state index in [0.717, 1.165) is 0 Å². The van der Waals surface area contributed by atoms with E-state index in [4.69, 9.17) is 4.74 Å². The highest BCUT2D eigenvalue weighted by Gasteiger charge is 2.37. The minimum atomic E-state index is -0.890. The largest absolute Gasteiger partial charge is 0.481 e. The van der Waals surface area contributed by atoms with Crippen LogP contribution in [0.1, 0.15) is 40.0 Å². The maximum absolute atomic E-state index is 12.6. The van der Waals surface area contributed by atoms with Crippen molar-refractivity contribution in [1.29, 1.82) is 0 Å². The lowest BCUT2D eigenvalue weighted by Gasteiger charge is -2.29. The predicted octanol–water partition coefficient (Wildman–Crippen LogP) is 1.57. The van der Waals surface area contributed by atoms with Gasteiger partial charge in [-0.1, -0.05) is 20.8 Å². The predicted molar refractivity (Wildman–Crippen MR) is 99.7 cm³/mol. The molecule has 2 amide bonds. The number of carboxylic acid groups (broad SMARTS) is 1. The van der Waals surface area contributed by atoms with Gasteiger partial charge in [0.05, 0.1) is 11.8 Å². The molecule has 2 aliphatic heterocycles. The van der Waals surface area contributed by atoms with Crippen molar-refractivity contribution in [2.45, 2.75) is 46.1 Å². The van der Waals surface area contributed by atoms with Gasteiger partial charge in [-0.15, -0.1) is 11.8 Å². The number of hydrogen-bond acceptors (Lipinski definition) is 5. The average Bonchev–Trinajstić information content (AvgIpc) is 3.04. The van der Waals surface area contributed by atoms with Crippen LogP contribution in [0.15, 0.2) is 0 Å². The maximum Gasteiger partial charge on any atom is 0.308 e. The third kappa shape index (κ3) is 5.87. The average molecular weight is 387 g/mol. The summed E-state index contributed by atoms with van der Waals surface area (Å²) in [4.78, 5) is 38.3. The molecule has 0 saturated carbocycles. The second kappa shape index (κ2) is 9.08. The molecule has 2 heterocycles. The summed E-state index contributed by atoms with van der Waals surface area (Å²) in [5, 5.41) is 12.3. The molecule has 7 nitrogen and oxygen atoms in total. The number of nitrogens with one attached hydrogen (secondary N) is 1. The first-order valence-corrected chi connectivity index (χ1v) is 10.3. The number of carbonyl (C=O) groups is 3. The van der Waals surface area contributed by atoms with Crippen molar-refractivity contribution in [2.75, 3.05) is 31.4 Å². The van der Waals surface area contributed by atoms with E-state index < -0.39 is 17.9 Å². The number of rotatable bonds is 6. The Balaban J connectivity index is 1.92. The zero-order valence-corrected chi connectivity index (χ0v) is 16.6. The Kier molecular flexibility index (Phi) is 7.34. The van der Waals surface area contributed by atoms with Gasteiger partial charge >= 0.3 is 5.97 Å². The van der Waals surface area contributed by atoms with Gasteiger partial charge in [0.25, 0.3) is 0 Å². The Labute approximate surface area is 159 Å². The summed E-state index contributed by atoms with van der Waals surface area (Å²) in [6.07, 6.45) is 1.78. The van der Waals surface area contributed by atoms with Gasteiger partial charge in [0.1, 0.15) is 6.04 Å². The van der Waals surface area contributed by atoms with Crippen LogP contribution in [0.2, 0.25) is 0 Å². The zero-order valence-electron chi connectivity index (χ0n) is 15.8. The highest BCUT2D eigenvalue weighted by atomic mass is 32.2. The van der Waals surface area contributed by atoms with Gasteiger partial charge in [0.2, 0.25) is 11.8 Å². The Morgan fingerprint density at radius 3 is 2.50 bits per heavy atom. The van der Waals surface area contributed by atoms with E-state index in [1.54, 1.807) is 16.7 Å². The zero-order chi connectivity index (χ0) is 19.3. The molecule has 2 aliphatic rings. The second-order valence-corrected chi connectivity index (χ2v) is 9.26. The van der Waals surface area contributed by atoms with E-state index in [-0.39, 0.29) is 29.7 Å². The Hall–Kier alpha value is -1.28. The smallest absolute Gasteiger partial charge is 0.308 e. The summed E-state index contributed by atoms with van der Waals surface area (Å²) >= 11 is 1.55. The van der Waals surface area contributed by atoms with Gasteiger partial charge in [-0.3, -0.25) is 14.4 Å². The molecule has 0 aromatic rings. The molecule has 2 saturated heterocycles. The van der Waals surface area contributed by atoms with Crippen LogP contribution in [0.3, 0.4) is 0 Å².